The molecule has 0 aliphatic rings. The summed E-state index contributed by atoms with van der Waals surface area (Å²) in [6, 6.07) is 6.14. The highest BCUT2D eigenvalue weighted by atomic mass is 15.4. The molecule has 0 amide bonds. The molecule has 0 spiro atoms. The average Bonchev–Trinajstić information content (AvgIpc) is 2.73. The lowest BCUT2D eigenvalue weighted by Gasteiger charge is -2.12. The van der Waals surface area contributed by atoms with Gasteiger partial charge in [-0.2, -0.15) is 0 Å². The van der Waals surface area contributed by atoms with Crippen molar-refractivity contribution in [2.24, 2.45) is 7.05 Å². The standard InChI is InChI=1S/C11H15N5/c1-9(11-5-3-4-6-12-11)13-7-10-8-14-15-16(10)2/h3-6,8-9,13H,7H2,1-2H3/t9-/m1/s1. The second kappa shape index (κ2) is 4.85. The topological polar surface area (TPSA) is 55.6 Å². The van der Waals surface area contributed by atoms with Crippen molar-refractivity contribution >= 4 is 0 Å². The third kappa shape index (κ3) is 2.43. The molecule has 84 valence electrons. The van der Waals surface area contributed by atoms with Crippen LogP contribution in [0, 0.1) is 0 Å². The van der Waals surface area contributed by atoms with E-state index in [0.29, 0.717) is 0 Å². The SMILES string of the molecule is C[C@@H](NCc1cnnn1C)c1ccccn1. The summed E-state index contributed by atoms with van der Waals surface area (Å²) in [4.78, 5) is 4.30. The van der Waals surface area contributed by atoms with E-state index in [9.17, 15) is 0 Å². The molecule has 1 N–H and O–H groups in total. The zero-order chi connectivity index (χ0) is 11.4. The van der Waals surface area contributed by atoms with E-state index in [-0.39, 0.29) is 6.04 Å². The van der Waals surface area contributed by atoms with Crippen molar-refractivity contribution in [1.29, 1.82) is 0 Å². The number of hydrogen-bond acceptors (Lipinski definition) is 4. The third-order valence-electron chi connectivity index (χ3n) is 2.53. The summed E-state index contributed by atoms with van der Waals surface area (Å²) in [5.41, 5.74) is 2.10. The minimum absolute atomic E-state index is 0.219. The van der Waals surface area contributed by atoms with Crippen LogP contribution in [0.1, 0.15) is 24.4 Å². The zero-order valence-electron chi connectivity index (χ0n) is 9.46. The van der Waals surface area contributed by atoms with Crippen molar-refractivity contribution in [1.82, 2.24) is 25.3 Å². The minimum Gasteiger partial charge on any atom is -0.303 e. The smallest absolute Gasteiger partial charge is 0.0738 e. The molecule has 0 bridgehead atoms. The number of aromatic nitrogens is 4. The van der Waals surface area contributed by atoms with Crippen molar-refractivity contribution in [3.63, 3.8) is 0 Å². The fourth-order valence-electron chi connectivity index (χ4n) is 1.47. The van der Waals surface area contributed by atoms with Crippen LogP contribution in [0.3, 0.4) is 0 Å². The molecule has 0 saturated carbocycles. The lowest BCUT2D eigenvalue weighted by atomic mass is 10.2. The quantitative estimate of drug-likeness (QED) is 0.832. The molecule has 0 unspecified atom stereocenters. The molecule has 0 aliphatic heterocycles. The van der Waals surface area contributed by atoms with Gasteiger partial charge in [-0.3, -0.25) is 9.67 Å². The van der Waals surface area contributed by atoms with Gasteiger partial charge in [-0.15, -0.1) is 5.10 Å². The predicted octanol–water partition coefficient (Wildman–Crippen LogP) is 1.06. The summed E-state index contributed by atoms with van der Waals surface area (Å²) in [5.74, 6) is 0. The maximum Gasteiger partial charge on any atom is 0.0738 e. The molecular formula is C11H15N5. The molecule has 5 heteroatoms. The fraction of sp³-hybridized carbons (Fsp3) is 0.364. The molecule has 2 heterocycles. The van der Waals surface area contributed by atoms with E-state index in [1.807, 2.05) is 25.2 Å². The van der Waals surface area contributed by atoms with Crippen molar-refractivity contribution in [2.75, 3.05) is 0 Å². The van der Waals surface area contributed by atoms with E-state index in [2.05, 4.69) is 27.5 Å². The van der Waals surface area contributed by atoms with Crippen LogP contribution in [-0.4, -0.2) is 20.0 Å². The summed E-state index contributed by atoms with van der Waals surface area (Å²) in [7, 11) is 1.88. The number of rotatable bonds is 4. The van der Waals surface area contributed by atoms with Crippen LogP contribution >= 0.6 is 0 Å². The molecule has 0 aliphatic carbocycles. The van der Waals surface area contributed by atoms with Crippen molar-refractivity contribution in [3.05, 3.63) is 42.0 Å². The summed E-state index contributed by atoms with van der Waals surface area (Å²) < 4.78 is 1.76. The molecule has 5 nitrogen and oxygen atoms in total. The van der Waals surface area contributed by atoms with Gasteiger partial charge in [0, 0.05) is 25.8 Å². The molecule has 1 atom stereocenters. The Morgan fingerprint density at radius 3 is 2.94 bits per heavy atom. The Bertz CT molecular complexity index is 437. The molecular weight excluding hydrogens is 202 g/mol. The molecule has 0 radical (unpaired) electrons. The number of aryl methyl sites for hydroxylation is 1. The number of nitrogens with one attached hydrogen (secondary N) is 1. The Labute approximate surface area is 94.5 Å². The van der Waals surface area contributed by atoms with E-state index in [1.165, 1.54) is 0 Å². The summed E-state index contributed by atoms with van der Waals surface area (Å²) in [5, 5.41) is 11.1. The highest BCUT2D eigenvalue weighted by molar-refractivity contribution is 5.08. The van der Waals surface area contributed by atoms with E-state index in [4.69, 9.17) is 0 Å². The first-order chi connectivity index (χ1) is 7.77. The van der Waals surface area contributed by atoms with E-state index in [0.717, 1.165) is 17.9 Å². The highest BCUT2D eigenvalue weighted by Crippen LogP contribution is 2.08. The lowest BCUT2D eigenvalue weighted by Crippen LogP contribution is -2.20. The van der Waals surface area contributed by atoms with Gasteiger partial charge in [0.05, 0.1) is 17.6 Å². The number of hydrogen-bond donors (Lipinski definition) is 1. The Hall–Kier alpha value is -1.75. The largest absolute Gasteiger partial charge is 0.303 e. The predicted molar refractivity (Wildman–Crippen MR) is 60.5 cm³/mol. The van der Waals surface area contributed by atoms with Gasteiger partial charge in [-0.25, -0.2) is 0 Å². The molecule has 0 aromatic carbocycles. The summed E-state index contributed by atoms with van der Waals surface area (Å²) in [6.07, 6.45) is 3.57. The van der Waals surface area contributed by atoms with Crippen LogP contribution in [0.25, 0.3) is 0 Å². The van der Waals surface area contributed by atoms with Gasteiger partial charge in [0.1, 0.15) is 0 Å². The van der Waals surface area contributed by atoms with Gasteiger partial charge < -0.3 is 5.32 Å². The van der Waals surface area contributed by atoms with Crippen LogP contribution < -0.4 is 5.32 Å². The molecule has 2 aromatic rings. The van der Waals surface area contributed by atoms with Gasteiger partial charge >= 0.3 is 0 Å². The molecule has 0 fully saturated rings. The molecule has 16 heavy (non-hydrogen) atoms. The van der Waals surface area contributed by atoms with Crippen LogP contribution in [0.5, 0.6) is 0 Å². The highest BCUT2D eigenvalue weighted by Gasteiger charge is 2.06. The van der Waals surface area contributed by atoms with Gasteiger partial charge in [0.25, 0.3) is 0 Å². The molecule has 2 rings (SSSR count). The zero-order valence-corrected chi connectivity index (χ0v) is 9.46. The van der Waals surface area contributed by atoms with E-state index in [1.54, 1.807) is 17.1 Å². The Balaban J connectivity index is 1.94. The van der Waals surface area contributed by atoms with E-state index < -0.39 is 0 Å². The van der Waals surface area contributed by atoms with Gasteiger partial charge in [-0.1, -0.05) is 11.3 Å². The lowest BCUT2D eigenvalue weighted by molar-refractivity contribution is 0.536. The first-order valence-corrected chi connectivity index (χ1v) is 5.25. The minimum atomic E-state index is 0.219. The summed E-state index contributed by atoms with van der Waals surface area (Å²) in [6.45, 7) is 2.83. The van der Waals surface area contributed by atoms with Crippen molar-refractivity contribution in [2.45, 2.75) is 19.5 Å². The Morgan fingerprint density at radius 2 is 2.31 bits per heavy atom. The second-order valence-electron chi connectivity index (χ2n) is 3.71. The fourth-order valence-corrected chi connectivity index (χ4v) is 1.47. The Morgan fingerprint density at radius 1 is 1.44 bits per heavy atom. The van der Waals surface area contributed by atoms with E-state index >= 15 is 0 Å². The van der Waals surface area contributed by atoms with Gasteiger partial charge in [0.15, 0.2) is 0 Å². The van der Waals surface area contributed by atoms with Crippen LogP contribution in [0.4, 0.5) is 0 Å². The van der Waals surface area contributed by atoms with Gasteiger partial charge in [0.2, 0.25) is 0 Å². The normalized spacial score (nSPS) is 12.6. The Kier molecular flexibility index (Phi) is 3.26. The van der Waals surface area contributed by atoms with Crippen molar-refractivity contribution < 1.29 is 0 Å². The van der Waals surface area contributed by atoms with Crippen LogP contribution in [-0.2, 0) is 13.6 Å². The van der Waals surface area contributed by atoms with Crippen molar-refractivity contribution in [3.8, 4) is 0 Å². The molecule has 0 saturated heterocycles. The van der Waals surface area contributed by atoms with Gasteiger partial charge in [-0.05, 0) is 19.1 Å². The summed E-state index contributed by atoms with van der Waals surface area (Å²) >= 11 is 0. The third-order valence-corrected chi connectivity index (χ3v) is 2.53. The first-order valence-electron chi connectivity index (χ1n) is 5.25. The average molecular weight is 217 g/mol. The second-order valence-corrected chi connectivity index (χ2v) is 3.71. The first kappa shape index (κ1) is 10.8. The molecule has 2 aromatic heterocycles. The maximum absolute atomic E-state index is 4.30. The van der Waals surface area contributed by atoms with Crippen LogP contribution in [0.15, 0.2) is 30.6 Å². The maximum atomic E-state index is 4.30. The number of pyridine rings is 1. The number of nitrogens with zero attached hydrogens (tertiary/aromatic N) is 4. The van der Waals surface area contributed by atoms with Crippen LogP contribution in [0.2, 0.25) is 0 Å². The monoisotopic (exact) mass is 217 g/mol.